The van der Waals surface area contributed by atoms with Crippen LogP contribution in [0.15, 0.2) is 60.0 Å². The highest BCUT2D eigenvalue weighted by Crippen LogP contribution is 2.55. The largest absolute Gasteiger partial charge is 0.420 e. The quantitative estimate of drug-likeness (QED) is 0.610. The van der Waals surface area contributed by atoms with Gasteiger partial charge in [-0.1, -0.05) is 48.0 Å². The van der Waals surface area contributed by atoms with E-state index in [1.165, 1.54) is 0 Å². The van der Waals surface area contributed by atoms with Crippen LogP contribution in [0.5, 0.6) is 5.88 Å². The van der Waals surface area contributed by atoms with Crippen LogP contribution in [0.3, 0.4) is 0 Å². The van der Waals surface area contributed by atoms with E-state index >= 15 is 0 Å². The summed E-state index contributed by atoms with van der Waals surface area (Å²) in [6.45, 7) is 1.99. The maximum absolute atomic E-state index is 13.4. The number of aryl methyl sites for hydroxylation is 1. The molecule has 2 aromatic carbocycles. The van der Waals surface area contributed by atoms with E-state index in [0.717, 1.165) is 11.1 Å². The molecule has 4 N–H and O–H groups in total. The maximum Gasteiger partial charge on any atom is 0.245 e. The number of aromatic amines is 1. The lowest BCUT2D eigenvalue weighted by molar-refractivity contribution is -0.118. The van der Waals surface area contributed by atoms with Crippen molar-refractivity contribution in [3.8, 4) is 23.2 Å². The van der Waals surface area contributed by atoms with Gasteiger partial charge in [-0.3, -0.25) is 9.89 Å². The van der Waals surface area contributed by atoms with Crippen molar-refractivity contribution in [1.82, 2.24) is 10.2 Å². The number of carbonyl (C=O) groups is 1. The number of para-hydroxylation sites is 1. The number of benzene rings is 2. The molecular weight excluding hydrogens is 354 g/mol. The van der Waals surface area contributed by atoms with Gasteiger partial charge >= 0.3 is 0 Å². The normalized spacial score (nSPS) is 19.6. The van der Waals surface area contributed by atoms with Gasteiger partial charge in [-0.15, -0.1) is 5.10 Å². The van der Waals surface area contributed by atoms with Crippen molar-refractivity contribution in [3.05, 3.63) is 76.7 Å². The lowest BCUT2D eigenvalue weighted by atomic mass is 9.68. The first-order chi connectivity index (χ1) is 13.6. The Labute approximate surface area is 160 Å². The lowest BCUT2D eigenvalue weighted by Gasteiger charge is -2.31. The number of rotatable bonds is 1. The van der Waals surface area contributed by atoms with Crippen molar-refractivity contribution < 1.29 is 9.53 Å². The first-order valence-electron chi connectivity index (χ1n) is 8.72. The Morgan fingerprint density at radius 2 is 1.93 bits per heavy atom. The number of nitriles is 1. The number of nitrogens with zero attached hydrogens (tertiary/aromatic N) is 2. The van der Waals surface area contributed by atoms with Crippen LogP contribution in [0.4, 0.5) is 5.69 Å². The summed E-state index contributed by atoms with van der Waals surface area (Å²) in [5.74, 6) is -0.282. The van der Waals surface area contributed by atoms with Gasteiger partial charge in [0, 0.05) is 16.8 Å². The molecule has 0 saturated heterocycles. The van der Waals surface area contributed by atoms with Gasteiger partial charge in [0.2, 0.25) is 17.7 Å². The Bertz CT molecular complexity index is 1220. The molecule has 28 heavy (non-hydrogen) atoms. The standard InChI is InChI=1S/C21H15N5O2/c1-11-6-8-12(9-7-11)17-16-19(26-25-17)28-18(23)14(10-22)21(16)13-4-2-3-5-15(13)24-20(21)27/h2-9H,23H2,1H3,(H,24,27)(H,25,26)/t21-/m1/s1. The second-order valence-electron chi connectivity index (χ2n) is 6.85. The van der Waals surface area contributed by atoms with Crippen molar-refractivity contribution in [2.75, 3.05) is 5.32 Å². The van der Waals surface area contributed by atoms with E-state index in [1.54, 1.807) is 6.07 Å². The first-order valence-corrected chi connectivity index (χ1v) is 8.72. The molecule has 0 aliphatic carbocycles. The maximum atomic E-state index is 13.4. The molecule has 0 bridgehead atoms. The number of nitrogens with two attached hydrogens (primary N) is 1. The summed E-state index contributed by atoms with van der Waals surface area (Å²) in [6.07, 6.45) is 0. The Morgan fingerprint density at radius 3 is 2.68 bits per heavy atom. The molecule has 0 saturated carbocycles. The zero-order valence-corrected chi connectivity index (χ0v) is 14.9. The molecule has 0 radical (unpaired) electrons. The molecule has 7 heteroatoms. The van der Waals surface area contributed by atoms with Gasteiger partial charge in [0.05, 0.1) is 11.3 Å². The molecular formula is C21H15N5O2. The summed E-state index contributed by atoms with van der Waals surface area (Å²) < 4.78 is 5.62. The van der Waals surface area contributed by atoms with Crippen LogP contribution >= 0.6 is 0 Å². The van der Waals surface area contributed by atoms with Gasteiger partial charge in [0.1, 0.15) is 17.1 Å². The molecule has 7 nitrogen and oxygen atoms in total. The van der Waals surface area contributed by atoms with Gasteiger partial charge in [-0.2, -0.15) is 5.26 Å². The molecule has 5 rings (SSSR count). The Balaban J connectivity index is 1.89. The summed E-state index contributed by atoms with van der Waals surface area (Å²) >= 11 is 0. The molecule has 3 aromatic rings. The molecule has 1 aromatic heterocycles. The Hall–Kier alpha value is -4.05. The van der Waals surface area contributed by atoms with Crippen LogP contribution in [0, 0.1) is 18.3 Å². The van der Waals surface area contributed by atoms with Crippen molar-refractivity contribution >= 4 is 11.6 Å². The van der Waals surface area contributed by atoms with Crippen molar-refractivity contribution in [1.29, 1.82) is 5.26 Å². The second-order valence-corrected chi connectivity index (χ2v) is 6.85. The summed E-state index contributed by atoms with van der Waals surface area (Å²) in [5.41, 5.74) is 9.01. The van der Waals surface area contributed by atoms with Crippen LogP contribution in [0.1, 0.15) is 16.7 Å². The van der Waals surface area contributed by atoms with Crippen LogP contribution in [0.25, 0.3) is 11.3 Å². The number of aromatic nitrogens is 2. The van der Waals surface area contributed by atoms with E-state index in [4.69, 9.17) is 10.5 Å². The Morgan fingerprint density at radius 1 is 1.18 bits per heavy atom. The summed E-state index contributed by atoms with van der Waals surface area (Å²) in [4.78, 5) is 13.4. The van der Waals surface area contributed by atoms with Crippen LogP contribution in [-0.2, 0) is 10.2 Å². The van der Waals surface area contributed by atoms with E-state index in [-0.39, 0.29) is 23.2 Å². The average Bonchev–Trinajstić information content (AvgIpc) is 3.23. The molecule has 1 spiro atoms. The van der Waals surface area contributed by atoms with E-state index in [9.17, 15) is 10.1 Å². The molecule has 3 heterocycles. The number of hydrogen-bond donors (Lipinski definition) is 3. The summed E-state index contributed by atoms with van der Waals surface area (Å²) in [5, 5.41) is 20.0. The van der Waals surface area contributed by atoms with E-state index in [1.807, 2.05) is 49.4 Å². The summed E-state index contributed by atoms with van der Waals surface area (Å²) in [6, 6.07) is 17.2. The highest BCUT2D eigenvalue weighted by molar-refractivity contribution is 6.13. The number of carbonyl (C=O) groups excluding carboxylic acids is 1. The fourth-order valence-corrected chi connectivity index (χ4v) is 4.03. The minimum atomic E-state index is -1.42. The molecule has 0 fully saturated rings. The SMILES string of the molecule is Cc1ccc(-c2[nH]nc3c2[C@]2(C(=O)Nc4ccccc42)C(C#N)=C(N)O3)cc1. The van der Waals surface area contributed by atoms with Crippen LogP contribution < -0.4 is 15.8 Å². The average molecular weight is 369 g/mol. The minimum absolute atomic E-state index is 0.0530. The van der Waals surface area contributed by atoms with E-state index in [0.29, 0.717) is 22.5 Å². The van der Waals surface area contributed by atoms with Gasteiger partial charge < -0.3 is 15.8 Å². The highest BCUT2D eigenvalue weighted by atomic mass is 16.5. The van der Waals surface area contributed by atoms with Gasteiger partial charge in [-0.05, 0) is 13.0 Å². The molecule has 136 valence electrons. The fourth-order valence-electron chi connectivity index (χ4n) is 4.03. The lowest BCUT2D eigenvalue weighted by Crippen LogP contribution is -2.42. The minimum Gasteiger partial charge on any atom is -0.420 e. The number of anilines is 1. The van der Waals surface area contributed by atoms with Gasteiger partial charge in [0.25, 0.3) is 0 Å². The molecule has 0 unspecified atom stereocenters. The van der Waals surface area contributed by atoms with Gasteiger partial charge in [0.15, 0.2) is 0 Å². The first kappa shape index (κ1) is 16.1. The van der Waals surface area contributed by atoms with Gasteiger partial charge in [-0.25, -0.2) is 0 Å². The van der Waals surface area contributed by atoms with Crippen molar-refractivity contribution in [2.24, 2.45) is 5.73 Å². The third-order valence-electron chi connectivity index (χ3n) is 5.31. The fraction of sp³-hybridized carbons (Fsp3) is 0.0952. The molecule has 2 aliphatic heterocycles. The third-order valence-corrected chi connectivity index (χ3v) is 5.31. The molecule has 1 amide bonds. The van der Waals surface area contributed by atoms with Crippen LogP contribution in [0.2, 0.25) is 0 Å². The second kappa shape index (κ2) is 5.47. The predicted octanol–water partition coefficient (Wildman–Crippen LogP) is 2.71. The monoisotopic (exact) mass is 369 g/mol. The third kappa shape index (κ3) is 1.86. The predicted molar refractivity (Wildman–Crippen MR) is 102 cm³/mol. The van der Waals surface area contributed by atoms with E-state index in [2.05, 4.69) is 21.6 Å². The number of nitrogens with one attached hydrogen (secondary N) is 2. The Kier molecular flexibility index (Phi) is 3.16. The topological polar surface area (TPSA) is 117 Å². The number of hydrogen-bond acceptors (Lipinski definition) is 5. The van der Waals surface area contributed by atoms with Crippen molar-refractivity contribution in [2.45, 2.75) is 12.3 Å². The zero-order chi connectivity index (χ0) is 19.5. The molecule has 2 aliphatic rings. The highest BCUT2D eigenvalue weighted by Gasteiger charge is 2.58. The number of H-pyrrole nitrogens is 1. The summed E-state index contributed by atoms with van der Waals surface area (Å²) in [7, 11) is 0. The van der Waals surface area contributed by atoms with Crippen molar-refractivity contribution in [3.63, 3.8) is 0 Å². The van der Waals surface area contributed by atoms with E-state index < -0.39 is 5.41 Å². The number of fused-ring (bicyclic) bond motifs is 4. The smallest absolute Gasteiger partial charge is 0.245 e. The zero-order valence-electron chi connectivity index (χ0n) is 14.9. The number of amides is 1. The molecule has 1 atom stereocenters. The van der Waals surface area contributed by atoms with Crippen LogP contribution in [-0.4, -0.2) is 16.1 Å². The number of ether oxygens (including phenoxy) is 1.